The van der Waals surface area contributed by atoms with E-state index in [1.54, 1.807) is 6.07 Å². The zero-order valence-electron chi connectivity index (χ0n) is 9.79. The van der Waals surface area contributed by atoms with Crippen molar-refractivity contribution in [2.75, 3.05) is 6.54 Å². The van der Waals surface area contributed by atoms with Crippen LogP contribution in [0.4, 0.5) is 0 Å². The fourth-order valence-electron chi connectivity index (χ4n) is 2.04. The van der Waals surface area contributed by atoms with Crippen LogP contribution in [0.5, 0.6) is 5.75 Å². The number of hydrogen-bond acceptors (Lipinski definition) is 2. The van der Waals surface area contributed by atoms with Crippen molar-refractivity contribution in [3.8, 4) is 5.75 Å². The van der Waals surface area contributed by atoms with Gasteiger partial charge in [0.25, 0.3) is 5.91 Å². The van der Waals surface area contributed by atoms with E-state index in [4.69, 9.17) is 11.6 Å². The molecule has 1 aromatic carbocycles. The first-order valence-electron chi connectivity index (χ1n) is 5.77. The number of amides is 1. The van der Waals surface area contributed by atoms with Crippen molar-refractivity contribution in [1.82, 2.24) is 5.32 Å². The summed E-state index contributed by atoms with van der Waals surface area (Å²) in [6.07, 6.45) is 3.54. The van der Waals surface area contributed by atoms with E-state index >= 15 is 0 Å². The van der Waals surface area contributed by atoms with Crippen LogP contribution in [-0.2, 0) is 0 Å². The summed E-state index contributed by atoms with van der Waals surface area (Å²) < 4.78 is 0. The van der Waals surface area contributed by atoms with E-state index in [0.717, 1.165) is 12.8 Å². The number of benzene rings is 1. The number of phenolic OH excluding ortho intramolecular Hbond substituents is 1. The van der Waals surface area contributed by atoms with Crippen LogP contribution in [-0.4, -0.2) is 17.6 Å². The van der Waals surface area contributed by atoms with E-state index in [0.29, 0.717) is 11.6 Å². The van der Waals surface area contributed by atoms with Gasteiger partial charge in [0, 0.05) is 11.6 Å². The average molecular weight is 254 g/mol. The summed E-state index contributed by atoms with van der Waals surface area (Å²) in [5, 5.41) is 12.9. The van der Waals surface area contributed by atoms with Crippen LogP contribution >= 0.6 is 11.6 Å². The summed E-state index contributed by atoms with van der Waals surface area (Å²) in [7, 11) is 0. The van der Waals surface area contributed by atoms with Crippen LogP contribution in [0, 0.1) is 5.41 Å². The number of carbonyl (C=O) groups excluding carboxylic acids is 1. The highest BCUT2D eigenvalue weighted by molar-refractivity contribution is 6.30. The molecule has 1 aliphatic rings. The Morgan fingerprint density at radius 2 is 2.24 bits per heavy atom. The highest BCUT2D eigenvalue weighted by Crippen LogP contribution is 2.39. The van der Waals surface area contributed by atoms with E-state index in [9.17, 15) is 9.90 Å². The van der Waals surface area contributed by atoms with Gasteiger partial charge >= 0.3 is 0 Å². The molecule has 0 bridgehead atoms. The first-order chi connectivity index (χ1) is 8.00. The minimum absolute atomic E-state index is 0.0752. The van der Waals surface area contributed by atoms with Crippen molar-refractivity contribution in [2.45, 2.75) is 26.2 Å². The van der Waals surface area contributed by atoms with Gasteiger partial charge in [-0.25, -0.2) is 0 Å². The van der Waals surface area contributed by atoms with Crippen molar-refractivity contribution in [3.63, 3.8) is 0 Å². The lowest BCUT2D eigenvalue weighted by Gasteiger charge is -2.38. The molecule has 3 nitrogen and oxygen atoms in total. The fourth-order valence-corrected chi connectivity index (χ4v) is 2.21. The molecule has 2 rings (SSSR count). The number of nitrogens with one attached hydrogen (secondary N) is 1. The van der Waals surface area contributed by atoms with Gasteiger partial charge in [0.05, 0.1) is 5.56 Å². The lowest BCUT2D eigenvalue weighted by molar-refractivity contribution is 0.0888. The molecule has 0 saturated heterocycles. The molecule has 4 heteroatoms. The number of carbonyl (C=O) groups is 1. The molecule has 1 fully saturated rings. The third-order valence-corrected chi connectivity index (χ3v) is 3.68. The molecular weight excluding hydrogens is 238 g/mol. The molecule has 1 saturated carbocycles. The van der Waals surface area contributed by atoms with Crippen molar-refractivity contribution in [2.24, 2.45) is 5.41 Å². The lowest BCUT2D eigenvalue weighted by atomic mass is 9.70. The Morgan fingerprint density at radius 3 is 2.76 bits per heavy atom. The molecule has 17 heavy (non-hydrogen) atoms. The van der Waals surface area contributed by atoms with Crippen LogP contribution in [0.1, 0.15) is 36.5 Å². The molecule has 1 aromatic rings. The zero-order valence-corrected chi connectivity index (χ0v) is 10.5. The van der Waals surface area contributed by atoms with Crippen LogP contribution in [0.3, 0.4) is 0 Å². The van der Waals surface area contributed by atoms with E-state index in [2.05, 4.69) is 12.2 Å². The second-order valence-electron chi connectivity index (χ2n) is 5.01. The summed E-state index contributed by atoms with van der Waals surface area (Å²) in [5.41, 5.74) is 0.509. The molecule has 2 N–H and O–H groups in total. The molecule has 1 aliphatic carbocycles. The van der Waals surface area contributed by atoms with Gasteiger partial charge in [-0.3, -0.25) is 4.79 Å². The maximum absolute atomic E-state index is 11.8. The third kappa shape index (κ3) is 2.72. The molecule has 1 amide bonds. The predicted octanol–water partition coefficient (Wildman–Crippen LogP) is 2.97. The predicted molar refractivity (Wildman–Crippen MR) is 67.4 cm³/mol. The molecular formula is C13H16ClNO2. The van der Waals surface area contributed by atoms with Gasteiger partial charge in [0.1, 0.15) is 5.75 Å². The number of halogens is 1. The maximum Gasteiger partial charge on any atom is 0.255 e. The van der Waals surface area contributed by atoms with Crippen LogP contribution in [0.15, 0.2) is 18.2 Å². The highest BCUT2D eigenvalue weighted by atomic mass is 35.5. The van der Waals surface area contributed by atoms with Crippen LogP contribution < -0.4 is 5.32 Å². The van der Waals surface area contributed by atoms with Gasteiger partial charge in [0.15, 0.2) is 0 Å². The van der Waals surface area contributed by atoms with Crippen molar-refractivity contribution >= 4 is 17.5 Å². The average Bonchev–Trinajstić information content (AvgIpc) is 2.23. The molecule has 0 aliphatic heterocycles. The maximum atomic E-state index is 11.8. The Hall–Kier alpha value is -1.22. The van der Waals surface area contributed by atoms with Gasteiger partial charge in [-0.2, -0.15) is 0 Å². The largest absolute Gasteiger partial charge is 0.507 e. The normalized spacial score (nSPS) is 17.3. The van der Waals surface area contributed by atoms with E-state index < -0.39 is 0 Å². The van der Waals surface area contributed by atoms with Gasteiger partial charge in [-0.05, 0) is 36.5 Å². The number of aromatic hydroxyl groups is 1. The van der Waals surface area contributed by atoms with Crippen molar-refractivity contribution < 1.29 is 9.90 Å². The van der Waals surface area contributed by atoms with Gasteiger partial charge < -0.3 is 10.4 Å². The smallest absolute Gasteiger partial charge is 0.255 e. The summed E-state index contributed by atoms with van der Waals surface area (Å²) in [6.45, 7) is 2.83. The quantitative estimate of drug-likeness (QED) is 0.870. The number of phenols is 1. The molecule has 0 unspecified atom stereocenters. The minimum atomic E-state index is -0.243. The first kappa shape index (κ1) is 12.2. The Kier molecular flexibility index (Phi) is 3.29. The topological polar surface area (TPSA) is 49.3 Å². The summed E-state index contributed by atoms with van der Waals surface area (Å²) in [6, 6.07) is 4.51. The lowest BCUT2D eigenvalue weighted by Crippen LogP contribution is -2.39. The van der Waals surface area contributed by atoms with Crippen molar-refractivity contribution in [1.29, 1.82) is 0 Å². The molecule has 0 radical (unpaired) electrons. The van der Waals surface area contributed by atoms with E-state index in [-0.39, 0.29) is 22.6 Å². The Balaban J connectivity index is 1.99. The second-order valence-corrected chi connectivity index (χ2v) is 5.44. The van der Waals surface area contributed by atoms with Crippen molar-refractivity contribution in [3.05, 3.63) is 28.8 Å². The summed E-state index contributed by atoms with van der Waals surface area (Å²) in [4.78, 5) is 11.8. The first-order valence-corrected chi connectivity index (χ1v) is 6.15. The molecule has 92 valence electrons. The Morgan fingerprint density at radius 1 is 1.53 bits per heavy atom. The molecule has 0 aromatic heterocycles. The Labute approximate surface area is 106 Å². The standard InChI is InChI=1S/C13H16ClNO2/c1-13(5-2-6-13)8-15-12(17)10-4-3-9(14)7-11(10)16/h3-4,7,16H,2,5-6,8H2,1H3,(H,15,17). The van der Waals surface area contributed by atoms with Crippen LogP contribution in [0.2, 0.25) is 5.02 Å². The fraction of sp³-hybridized carbons (Fsp3) is 0.462. The Bertz CT molecular complexity index is 441. The molecule has 0 heterocycles. The van der Waals surface area contributed by atoms with Gasteiger partial charge in [-0.15, -0.1) is 0 Å². The molecule has 0 atom stereocenters. The van der Waals surface area contributed by atoms with E-state index in [1.807, 2.05) is 0 Å². The summed E-state index contributed by atoms with van der Waals surface area (Å²) >= 11 is 5.71. The van der Waals surface area contributed by atoms with E-state index in [1.165, 1.54) is 18.6 Å². The SMILES string of the molecule is CC1(CNC(=O)c2ccc(Cl)cc2O)CCC1. The number of rotatable bonds is 3. The zero-order chi connectivity index (χ0) is 12.5. The second kappa shape index (κ2) is 4.57. The van der Waals surface area contributed by atoms with Gasteiger partial charge in [0.2, 0.25) is 0 Å². The number of hydrogen-bond donors (Lipinski definition) is 2. The van der Waals surface area contributed by atoms with Crippen LogP contribution in [0.25, 0.3) is 0 Å². The monoisotopic (exact) mass is 253 g/mol. The molecule has 0 spiro atoms. The van der Waals surface area contributed by atoms with Gasteiger partial charge in [-0.1, -0.05) is 24.9 Å². The summed E-state index contributed by atoms with van der Waals surface area (Å²) in [5.74, 6) is -0.318. The minimum Gasteiger partial charge on any atom is -0.507 e. The highest BCUT2D eigenvalue weighted by Gasteiger charge is 2.32. The third-order valence-electron chi connectivity index (χ3n) is 3.44.